The smallest absolute Gasteiger partial charge is 0.0515 e. The number of fused-ring (bicyclic) bond motifs is 1. The molecule has 0 unspecified atom stereocenters. The van der Waals surface area contributed by atoms with Gasteiger partial charge in [0.25, 0.3) is 0 Å². The molecule has 0 saturated heterocycles. The Morgan fingerprint density at radius 3 is 2.71 bits per heavy atom. The molecule has 2 rings (SSSR count). The molecular formula is C15H22N2. The van der Waals surface area contributed by atoms with Crippen molar-refractivity contribution >= 4 is 10.9 Å². The summed E-state index contributed by atoms with van der Waals surface area (Å²) in [6, 6.07) is 7.08. The number of hydrogen-bond acceptors (Lipinski definition) is 1. The summed E-state index contributed by atoms with van der Waals surface area (Å²) in [7, 11) is 0. The number of nitrogens with one attached hydrogen (secondary N) is 1. The van der Waals surface area contributed by atoms with Crippen LogP contribution in [-0.2, 0) is 6.54 Å². The first-order valence-electron chi connectivity index (χ1n) is 6.45. The third-order valence-corrected chi connectivity index (χ3v) is 3.26. The summed E-state index contributed by atoms with van der Waals surface area (Å²) in [4.78, 5) is 0. The van der Waals surface area contributed by atoms with Crippen molar-refractivity contribution in [3.05, 3.63) is 35.5 Å². The molecule has 0 aliphatic carbocycles. The highest BCUT2D eigenvalue weighted by atomic mass is 15.0. The maximum atomic E-state index is 3.42. The van der Waals surface area contributed by atoms with Crippen LogP contribution in [0.25, 0.3) is 10.9 Å². The number of rotatable bonds is 4. The molecule has 0 atom stereocenters. The Kier molecular flexibility index (Phi) is 3.53. The van der Waals surface area contributed by atoms with Gasteiger partial charge in [0, 0.05) is 24.2 Å². The molecular weight excluding hydrogens is 208 g/mol. The molecule has 1 aromatic carbocycles. The van der Waals surface area contributed by atoms with Gasteiger partial charge in [0.1, 0.15) is 0 Å². The normalized spacial score (nSPS) is 11.6. The van der Waals surface area contributed by atoms with Gasteiger partial charge in [-0.2, -0.15) is 0 Å². The Labute approximate surface area is 104 Å². The van der Waals surface area contributed by atoms with Crippen molar-refractivity contribution < 1.29 is 0 Å². The van der Waals surface area contributed by atoms with E-state index in [1.165, 1.54) is 22.0 Å². The third kappa shape index (κ3) is 2.22. The second-order valence-electron chi connectivity index (χ2n) is 4.91. The van der Waals surface area contributed by atoms with Crippen molar-refractivity contribution in [1.82, 2.24) is 9.88 Å². The van der Waals surface area contributed by atoms with E-state index in [9.17, 15) is 0 Å². The Bertz CT molecular complexity index is 509. The van der Waals surface area contributed by atoms with E-state index in [1.54, 1.807) is 0 Å². The second kappa shape index (κ2) is 4.92. The zero-order chi connectivity index (χ0) is 12.4. The van der Waals surface area contributed by atoms with E-state index in [0.29, 0.717) is 6.04 Å². The zero-order valence-electron chi connectivity index (χ0n) is 11.2. The lowest BCUT2D eigenvalue weighted by molar-refractivity contribution is 0.617. The fourth-order valence-electron chi connectivity index (χ4n) is 2.37. The number of benzene rings is 1. The predicted molar refractivity (Wildman–Crippen MR) is 74.4 cm³/mol. The van der Waals surface area contributed by atoms with E-state index < -0.39 is 0 Å². The summed E-state index contributed by atoms with van der Waals surface area (Å²) in [6.07, 6.45) is 2.30. The van der Waals surface area contributed by atoms with Crippen LogP contribution in [0.15, 0.2) is 24.4 Å². The van der Waals surface area contributed by atoms with Crippen LogP contribution in [0.4, 0.5) is 0 Å². The van der Waals surface area contributed by atoms with Crippen LogP contribution < -0.4 is 5.32 Å². The molecule has 92 valence electrons. The summed E-state index contributed by atoms with van der Waals surface area (Å²) in [5, 5.41) is 4.80. The van der Waals surface area contributed by atoms with Crippen molar-refractivity contribution in [2.45, 2.75) is 40.3 Å². The van der Waals surface area contributed by atoms with Gasteiger partial charge in [0.05, 0.1) is 5.52 Å². The molecule has 0 fully saturated rings. The Morgan fingerprint density at radius 2 is 2.06 bits per heavy atom. The highest BCUT2D eigenvalue weighted by molar-refractivity contribution is 5.86. The van der Waals surface area contributed by atoms with E-state index in [-0.39, 0.29) is 0 Å². The predicted octanol–water partition coefficient (Wildman–Crippen LogP) is 3.64. The lowest BCUT2D eigenvalue weighted by Gasteiger charge is -2.10. The Hall–Kier alpha value is -1.28. The summed E-state index contributed by atoms with van der Waals surface area (Å²) in [5.41, 5.74) is 4.15. The van der Waals surface area contributed by atoms with Crippen LogP contribution >= 0.6 is 0 Å². The van der Waals surface area contributed by atoms with Gasteiger partial charge in [-0.3, -0.25) is 0 Å². The fourth-order valence-corrected chi connectivity index (χ4v) is 2.37. The number of aromatic nitrogens is 1. The molecule has 1 aromatic heterocycles. The molecule has 2 aromatic rings. The van der Waals surface area contributed by atoms with Crippen LogP contribution in [-0.4, -0.2) is 11.1 Å². The quantitative estimate of drug-likeness (QED) is 0.848. The van der Waals surface area contributed by atoms with Gasteiger partial charge in [0.15, 0.2) is 0 Å². The van der Waals surface area contributed by atoms with E-state index in [2.05, 4.69) is 62.0 Å². The maximum Gasteiger partial charge on any atom is 0.0515 e. The highest BCUT2D eigenvalue weighted by Crippen LogP contribution is 2.27. The third-order valence-electron chi connectivity index (χ3n) is 3.26. The largest absolute Gasteiger partial charge is 0.344 e. The summed E-state index contributed by atoms with van der Waals surface area (Å²) in [5.74, 6) is 0. The van der Waals surface area contributed by atoms with Crippen LogP contribution in [0, 0.1) is 6.92 Å². The first-order chi connectivity index (χ1) is 8.15. The minimum atomic E-state index is 0.508. The summed E-state index contributed by atoms with van der Waals surface area (Å²) < 4.78 is 2.39. The minimum absolute atomic E-state index is 0.508. The van der Waals surface area contributed by atoms with Crippen molar-refractivity contribution in [3.63, 3.8) is 0 Å². The molecule has 2 heteroatoms. The molecule has 1 N–H and O–H groups in total. The minimum Gasteiger partial charge on any atom is -0.344 e. The molecule has 0 amide bonds. The van der Waals surface area contributed by atoms with Gasteiger partial charge in [-0.05, 0) is 38.4 Å². The van der Waals surface area contributed by atoms with Crippen molar-refractivity contribution in [2.75, 3.05) is 6.54 Å². The SMILES string of the molecule is CCNCc1cn(C(C)C)c2c(C)cccc12. The molecule has 17 heavy (non-hydrogen) atoms. The van der Waals surface area contributed by atoms with Gasteiger partial charge >= 0.3 is 0 Å². The van der Waals surface area contributed by atoms with E-state index in [4.69, 9.17) is 0 Å². The molecule has 0 spiro atoms. The number of nitrogens with zero attached hydrogens (tertiary/aromatic N) is 1. The van der Waals surface area contributed by atoms with Gasteiger partial charge in [0.2, 0.25) is 0 Å². The molecule has 1 heterocycles. The van der Waals surface area contributed by atoms with Crippen molar-refractivity contribution in [1.29, 1.82) is 0 Å². The Balaban J connectivity index is 2.58. The van der Waals surface area contributed by atoms with Crippen molar-refractivity contribution in [3.8, 4) is 0 Å². The average molecular weight is 230 g/mol. The van der Waals surface area contributed by atoms with Crippen LogP contribution in [0.3, 0.4) is 0 Å². The molecule has 0 radical (unpaired) electrons. The van der Waals surface area contributed by atoms with Crippen LogP contribution in [0.5, 0.6) is 0 Å². The fraction of sp³-hybridized carbons (Fsp3) is 0.467. The molecule has 0 aliphatic heterocycles. The molecule has 0 bridgehead atoms. The average Bonchev–Trinajstić information content (AvgIpc) is 2.67. The standard InChI is InChI=1S/C15H22N2/c1-5-16-9-13-10-17(11(2)3)15-12(4)7-6-8-14(13)15/h6-8,10-11,16H,5,9H2,1-4H3. The van der Waals surface area contributed by atoms with Gasteiger partial charge < -0.3 is 9.88 Å². The lowest BCUT2D eigenvalue weighted by Crippen LogP contribution is -2.11. The highest BCUT2D eigenvalue weighted by Gasteiger charge is 2.11. The Morgan fingerprint density at radius 1 is 1.29 bits per heavy atom. The monoisotopic (exact) mass is 230 g/mol. The van der Waals surface area contributed by atoms with E-state index in [0.717, 1.165) is 13.1 Å². The topological polar surface area (TPSA) is 17.0 Å². The van der Waals surface area contributed by atoms with Crippen LogP contribution in [0.1, 0.15) is 37.9 Å². The summed E-state index contributed by atoms with van der Waals surface area (Å²) in [6.45, 7) is 10.8. The molecule has 0 saturated carbocycles. The van der Waals surface area contributed by atoms with Crippen molar-refractivity contribution in [2.24, 2.45) is 0 Å². The molecule has 0 aliphatic rings. The van der Waals surface area contributed by atoms with Gasteiger partial charge in [-0.15, -0.1) is 0 Å². The number of hydrogen-bond donors (Lipinski definition) is 1. The summed E-state index contributed by atoms with van der Waals surface area (Å²) >= 11 is 0. The first-order valence-corrected chi connectivity index (χ1v) is 6.45. The molecule has 2 nitrogen and oxygen atoms in total. The number of para-hydroxylation sites is 1. The van der Waals surface area contributed by atoms with Gasteiger partial charge in [-0.25, -0.2) is 0 Å². The van der Waals surface area contributed by atoms with Crippen LogP contribution in [0.2, 0.25) is 0 Å². The zero-order valence-corrected chi connectivity index (χ0v) is 11.2. The lowest BCUT2D eigenvalue weighted by atomic mass is 10.1. The van der Waals surface area contributed by atoms with E-state index >= 15 is 0 Å². The van der Waals surface area contributed by atoms with Gasteiger partial charge in [-0.1, -0.05) is 25.1 Å². The first kappa shape index (κ1) is 12.2. The maximum absolute atomic E-state index is 3.42. The second-order valence-corrected chi connectivity index (χ2v) is 4.91. The number of aryl methyl sites for hydroxylation is 1. The van der Waals surface area contributed by atoms with E-state index in [1.807, 2.05) is 0 Å².